The maximum atomic E-state index is 6.20. The summed E-state index contributed by atoms with van der Waals surface area (Å²) in [5.41, 5.74) is 1.26. The Morgan fingerprint density at radius 2 is 1.78 bits per heavy atom. The second kappa shape index (κ2) is 5.99. The van der Waals surface area contributed by atoms with Crippen LogP contribution in [-0.2, 0) is 0 Å². The van der Waals surface area contributed by atoms with Crippen LogP contribution in [0.2, 0.25) is 32.2 Å². The fraction of sp³-hybridized carbons (Fsp3) is 0.538. The first-order valence-corrected chi connectivity index (χ1v) is 14.4. The average molecular weight is 321 g/mol. The highest BCUT2D eigenvalue weighted by Crippen LogP contribution is 2.32. The highest BCUT2D eigenvalue weighted by molar-refractivity contribution is 7.44. The Labute approximate surface area is 122 Å². The molecule has 0 saturated carbocycles. The highest BCUT2D eigenvalue weighted by atomic mass is 35.7. The van der Waals surface area contributed by atoms with Crippen LogP contribution in [0, 0.1) is 0 Å². The lowest BCUT2D eigenvalue weighted by molar-refractivity contribution is 0.556. The fourth-order valence-electron chi connectivity index (χ4n) is 1.89. The van der Waals surface area contributed by atoms with Gasteiger partial charge in [0.05, 0.1) is 0 Å². The first-order valence-electron chi connectivity index (χ1n) is 6.24. The van der Waals surface area contributed by atoms with Crippen molar-refractivity contribution in [2.45, 2.75) is 45.1 Å². The molecule has 0 aliphatic heterocycles. The lowest BCUT2D eigenvalue weighted by Crippen LogP contribution is -2.29. The molecule has 0 aliphatic rings. The molecule has 1 unspecified atom stereocenters. The van der Waals surface area contributed by atoms with Crippen molar-refractivity contribution < 1.29 is 4.43 Å². The molecule has 0 fully saturated rings. The molecule has 102 valence electrons. The molecule has 0 N–H and O–H groups in total. The smallest absolute Gasteiger partial charge is 0.249 e. The van der Waals surface area contributed by atoms with Crippen LogP contribution in [0.15, 0.2) is 24.3 Å². The van der Waals surface area contributed by atoms with Crippen LogP contribution in [0.25, 0.3) is 0 Å². The minimum absolute atomic E-state index is 0.377. The van der Waals surface area contributed by atoms with Gasteiger partial charge in [0.1, 0.15) is 5.75 Å². The topological polar surface area (TPSA) is 9.23 Å². The van der Waals surface area contributed by atoms with E-state index in [4.69, 9.17) is 26.6 Å². The minimum Gasteiger partial charge on any atom is -0.544 e. The van der Waals surface area contributed by atoms with Crippen molar-refractivity contribution in [3.8, 4) is 5.75 Å². The Morgan fingerprint density at radius 1 is 1.17 bits per heavy atom. The zero-order chi connectivity index (χ0) is 14.0. The van der Waals surface area contributed by atoms with E-state index in [9.17, 15) is 0 Å². The third kappa shape index (κ3) is 6.27. The average Bonchev–Trinajstić information content (AvgIpc) is 2.12. The summed E-state index contributed by atoms with van der Waals surface area (Å²) < 4.78 is 6.01. The molecule has 0 bridgehead atoms. The number of benzene rings is 1. The molecular weight excluding hydrogens is 299 g/mol. The summed E-state index contributed by atoms with van der Waals surface area (Å²) in [6.45, 7) is 8.64. The van der Waals surface area contributed by atoms with Gasteiger partial charge in [-0.15, -0.1) is 22.2 Å². The van der Waals surface area contributed by atoms with Crippen LogP contribution in [0.4, 0.5) is 0 Å². The van der Waals surface area contributed by atoms with Crippen LogP contribution >= 0.6 is 22.2 Å². The molecule has 0 heterocycles. The molecule has 0 saturated heterocycles. The van der Waals surface area contributed by atoms with E-state index in [1.54, 1.807) is 0 Å². The summed E-state index contributed by atoms with van der Waals surface area (Å²) in [6.07, 6.45) is 0. The number of rotatable bonds is 5. The number of halogens is 2. The third-order valence-corrected chi connectivity index (χ3v) is 5.62. The molecule has 0 aromatic heterocycles. The van der Waals surface area contributed by atoms with E-state index in [1.807, 2.05) is 18.7 Å². The van der Waals surface area contributed by atoms with Crippen molar-refractivity contribution in [3.63, 3.8) is 0 Å². The predicted molar refractivity (Wildman–Crippen MR) is 87.0 cm³/mol. The van der Waals surface area contributed by atoms with Gasteiger partial charge in [-0.3, -0.25) is 0 Å². The number of hydrogen-bond donors (Lipinski definition) is 0. The van der Waals surface area contributed by atoms with Gasteiger partial charge in [0, 0.05) is 0 Å². The quantitative estimate of drug-likeness (QED) is 0.510. The van der Waals surface area contributed by atoms with Gasteiger partial charge in [-0.1, -0.05) is 19.1 Å². The van der Waals surface area contributed by atoms with Gasteiger partial charge in [-0.05, 0) is 55.8 Å². The van der Waals surface area contributed by atoms with Gasteiger partial charge < -0.3 is 4.43 Å². The maximum Gasteiger partial charge on any atom is 0.249 e. The molecule has 0 spiro atoms. The third-order valence-electron chi connectivity index (χ3n) is 2.52. The summed E-state index contributed by atoms with van der Waals surface area (Å²) in [7, 11) is -1.55. The summed E-state index contributed by atoms with van der Waals surface area (Å²) >= 11 is 12.4. The predicted octanol–water partition coefficient (Wildman–Crippen LogP) is 5.55. The second-order valence-corrected chi connectivity index (χ2v) is 18.5. The molecule has 1 rings (SSSR count). The Hall–Kier alpha value is 0.0338. The molecule has 1 aromatic rings. The van der Waals surface area contributed by atoms with Crippen LogP contribution in [0.1, 0.15) is 18.4 Å². The lowest BCUT2D eigenvalue weighted by Gasteiger charge is -2.22. The van der Waals surface area contributed by atoms with E-state index < -0.39 is 15.0 Å². The number of hydrogen-bond acceptors (Lipinski definition) is 1. The minimum atomic E-state index is -2.05. The van der Waals surface area contributed by atoms with Gasteiger partial charge in [0.15, 0.2) is 0 Å². The molecule has 5 heteroatoms. The molecule has 1 aromatic carbocycles. The van der Waals surface area contributed by atoms with Crippen molar-refractivity contribution >= 4 is 37.2 Å². The van der Waals surface area contributed by atoms with Gasteiger partial charge in [-0.25, -0.2) is 0 Å². The molecule has 18 heavy (non-hydrogen) atoms. The summed E-state index contributed by atoms with van der Waals surface area (Å²) in [5.74, 6) is 1.34. The standard InChI is InChI=1S/C13H22Cl2OSi2/c1-11(10-18(5,14)15)12-7-6-8-13(9-12)16-17(2,3)4/h6-9,11H,10H2,1-5H3. The SMILES string of the molecule is CC(C[Si](C)(Cl)Cl)c1cccc(O[Si](C)(C)C)c1. The molecule has 0 amide bonds. The summed E-state index contributed by atoms with van der Waals surface area (Å²) in [4.78, 5) is 0. The van der Waals surface area contributed by atoms with Gasteiger partial charge in [0.2, 0.25) is 15.0 Å². The Kier molecular flexibility index (Phi) is 5.36. The molecule has 0 radical (unpaired) electrons. The summed E-state index contributed by atoms with van der Waals surface area (Å²) in [6, 6.07) is 9.17. The zero-order valence-corrected chi connectivity index (χ0v) is 15.3. The Balaban J connectivity index is 2.82. The van der Waals surface area contributed by atoms with Crippen molar-refractivity contribution in [1.29, 1.82) is 0 Å². The van der Waals surface area contributed by atoms with Crippen molar-refractivity contribution in [3.05, 3.63) is 29.8 Å². The second-order valence-electron chi connectivity index (χ2n) is 5.96. The van der Waals surface area contributed by atoms with E-state index in [2.05, 4.69) is 38.7 Å². The van der Waals surface area contributed by atoms with E-state index in [0.29, 0.717) is 5.92 Å². The van der Waals surface area contributed by atoms with Gasteiger partial charge in [-0.2, -0.15) is 0 Å². The van der Waals surface area contributed by atoms with Crippen LogP contribution < -0.4 is 4.43 Å². The summed E-state index contributed by atoms with van der Waals surface area (Å²) in [5, 5.41) is 0. The van der Waals surface area contributed by atoms with Crippen LogP contribution in [0.5, 0.6) is 5.75 Å². The highest BCUT2D eigenvalue weighted by Gasteiger charge is 2.25. The largest absolute Gasteiger partial charge is 0.544 e. The Morgan fingerprint density at radius 3 is 2.28 bits per heavy atom. The van der Waals surface area contributed by atoms with Gasteiger partial charge >= 0.3 is 0 Å². The molecule has 1 atom stereocenters. The van der Waals surface area contributed by atoms with E-state index >= 15 is 0 Å². The van der Waals surface area contributed by atoms with Gasteiger partial charge in [0.25, 0.3) is 0 Å². The molecule has 1 nitrogen and oxygen atoms in total. The van der Waals surface area contributed by atoms with Crippen molar-refractivity contribution in [2.75, 3.05) is 0 Å². The first kappa shape index (κ1) is 16.1. The van der Waals surface area contributed by atoms with E-state index in [0.717, 1.165) is 11.8 Å². The Bertz CT molecular complexity index is 397. The monoisotopic (exact) mass is 320 g/mol. The van der Waals surface area contributed by atoms with E-state index in [-0.39, 0.29) is 0 Å². The van der Waals surface area contributed by atoms with Crippen molar-refractivity contribution in [2.24, 2.45) is 0 Å². The molecule has 0 aliphatic carbocycles. The zero-order valence-electron chi connectivity index (χ0n) is 11.8. The van der Waals surface area contributed by atoms with Crippen molar-refractivity contribution in [1.82, 2.24) is 0 Å². The molecular formula is C13H22Cl2OSi2. The van der Waals surface area contributed by atoms with E-state index in [1.165, 1.54) is 5.56 Å². The van der Waals surface area contributed by atoms with Crippen LogP contribution in [0.3, 0.4) is 0 Å². The fourth-order valence-corrected chi connectivity index (χ4v) is 5.43. The lowest BCUT2D eigenvalue weighted by atomic mass is 10.0. The maximum absolute atomic E-state index is 6.20. The normalized spacial score (nSPS) is 14.4. The first-order chi connectivity index (χ1) is 8.07. The van der Waals surface area contributed by atoms with Crippen LogP contribution in [-0.4, -0.2) is 15.0 Å².